The van der Waals surface area contributed by atoms with Crippen molar-refractivity contribution in [2.75, 3.05) is 10.6 Å². The summed E-state index contributed by atoms with van der Waals surface area (Å²) >= 11 is 0. The zero-order valence-corrected chi connectivity index (χ0v) is 15.4. The van der Waals surface area contributed by atoms with E-state index in [4.69, 9.17) is 4.74 Å². The second kappa shape index (κ2) is 8.67. The van der Waals surface area contributed by atoms with Gasteiger partial charge >= 0.3 is 0 Å². The molecule has 2 N–H and O–H groups in total. The van der Waals surface area contributed by atoms with Crippen molar-refractivity contribution >= 4 is 23.2 Å². The molecule has 1 amide bonds. The van der Waals surface area contributed by atoms with Crippen LogP contribution in [0.3, 0.4) is 0 Å². The third kappa shape index (κ3) is 4.75. The summed E-state index contributed by atoms with van der Waals surface area (Å²) in [5, 5.41) is 5.94. The predicted molar refractivity (Wildman–Crippen MR) is 113 cm³/mol. The van der Waals surface area contributed by atoms with Gasteiger partial charge in [-0.05, 0) is 42.5 Å². The first-order chi connectivity index (χ1) is 14.3. The van der Waals surface area contributed by atoms with Gasteiger partial charge in [0.1, 0.15) is 11.4 Å². The van der Waals surface area contributed by atoms with Crippen LogP contribution in [-0.4, -0.2) is 15.9 Å². The number of hydrogen-bond donors (Lipinski definition) is 2. The Hall–Kier alpha value is -4.19. The normalized spacial score (nSPS) is 10.2. The van der Waals surface area contributed by atoms with E-state index in [0.29, 0.717) is 23.1 Å². The SMILES string of the molecule is O=C(Nc1ccccc1)c1ccnc(Nc2ccccc2Oc2ccccc2)n1. The summed E-state index contributed by atoms with van der Waals surface area (Å²) in [5.74, 6) is 1.34. The van der Waals surface area contributed by atoms with Crippen molar-refractivity contribution in [3.05, 3.63) is 103 Å². The molecule has 4 aromatic rings. The summed E-state index contributed by atoms with van der Waals surface area (Å²) in [6, 6.07) is 27.8. The highest BCUT2D eigenvalue weighted by molar-refractivity contribution is 6.02. The van der Waals surface area contributed by atoms with Crippen LogP contribution in [0, 0.1) is 0 Å². The third-order valence-corrected chi connectivity index (χ3v) is 4.02. The molecular weight excluding hydrogens is 364 g/mol. The van der Waals surface area contributed by atoms with Crippen molar-refractivity contribution in [1.82, 2.24) is 9.97 Å². The van der Waals surface area contributed by atoms with E-state index in [2.05, 4.69) is 20.6 Å². The smallest absolute Gasteiger partial charge is 0.274 e. The van der Waals surface area contributed by atoms with E-state index in [-0.39, 0.29) is 11.6 Å². The zero-order chi connectivity index (χ0) is 19.9. The van der Waals surface area contributed by atoms with Gasteiger partial charge in [0.05, 0.1) is 5.69 Å². The number of carbonyl (C=O) groups excluding carboxylic acids is 1. The standard InChI is InChI=1S/C23H18N4O2/c28-22(25-17-9-3-1-4-10-17)20-15-16-24-23(27-20)26-19-13-7-8-14-21(19)29-18-11-5-2-6-12-18/h1-16H,(H,25,28)(H,24,26,27). The number of anilines is 3. The van der Waals surface area contributed by atoms with E-state index in [1.807, 2.05) is 84.9 Å². The van der Waals surface area contributed by atoms with Crippen molar-refractivity contribution in [2.45, 2.75) is 0 Å². The number of nitrogens with zero attached hydrogens (tertiary/aromatic N) is 2. The summed E-state index contributed by atoms with van der Waals surface area (Å²) in [7, 11) is 0. The lowest BCUT2D eigenvalue weighted by molar-refractivity contribution is 0.102. The van der Waals surface area contributed by atoms with E-state index in [1.54, 1.807) is 6.07 Å². The highest BCUT2D eigenvalue weighted by atomic mass is 16.5. The fourth-order valence-electron chi connectivity index (χ4n) is 2.66. The Morgan fingerprint density at radius 3 is 2.28 bits per heavy atom. The number of nitrogens with one attached hydrogen (secondary N) is 2. The first-order valence-corrected chi connectivity index (χ1v) is 9.06. The van der Waals surface area contributed by atoms with Crippen molar-refractivity contribution in [3.8, 4) is 11.5 Å². The molecule has 4 rings (SSSR count). The number of para-hydroxylation sites is 4. The van der Waals surface area contributed by atoms with Gasteiger partial charge in [-0.1, -0.05) is 48.5 Å². The van der Waals surface area contributed by atoms with E-state index in [9.17, 15) is 4.79 Å². The number of hydrogen-bond acceptors (Lipinski definition) is 5. The zero-order valence-electron chi connectivity index (χ0n) is 15.4. The third-order valence-electron chi connectivity index (χ3n) is 4.02. The second-order valence-corrected chi connectivity index (χ2v) is 6.12. The van der Waals surface area contributed by atoms with Crippen LogP contribution in [0.2, 0.25) is 0 Å². The number of ether oxygens (including phenoxy) is 1. The molecule has 0 unspecified atom stereocenters. The van der Waals surface area contributed by atoms with Crippen LogP contribution < -0.4 is 15.4 Å². The van der Waals surface area contributed by atoms with Gasteiger partial charge in [0, 0.05) is 11.9 Å². The fraction of sp³-hybridized carbons (Fsp3) is 0. The van der Waals surface area contributed by atoms with Crippen LogP contribution in [0.15, 0.2) is 97.2 Å². The Morgan fingerprint density at radius 2 is 1.48 bits per heavy atom. The van der Waals surface area contributed by atoms with Crippen LogP contribution in [0.1, 0.15) is 10.5 Å². The molecule has 6 heteroatoms. The van der Waals surface area contributed by atoms with Crippen LogP contribution >= 0.6 is 0 Å². The molecule has 0 aliphatic heterocycles. The summed E-state index contributed by atoms with van der Waals surface area (Å²) in [4.78, 5) is 21.0. The van der Waals surface area contributed by atoms with E-state index in [0.717, 1.165) is 5.75 Å². The van der Waals surface area contributed by atoms with Crippen LogP contribution in [-0.2, 0) is 0 Å². The minimum atomic E-state index is -0.310. The molecule has 0 bridgehead atoms. The molecule has 3 aromatic carbocycles. The number of rotatable bonds is 6. The Bertz CT molecular complexity index is 1100. The Morgan fingerprint density at radius 1 is 0.793 bits per heavy atom. The largest absolute Gasteiger partial charge is 0.455 e. The minimum absolute atomic E-state index is 0.257. The number of aromatic nitrogens is 2. The molecular formula is C23H18N4O2. The predicted octanol–water partition coefficient (Wildman–Crippen LogP) is 5.26. The lowest BCUT2D eigenvalue weighted by atomic mass is 10.3. The lowest BCUT2D eigenvalue weighted by Gasteiger charge is -2.12. The fourth-order valence-corrected chi connectivity index (χ4v) is 2.66. The Kier molecular flexibility index (Phi) is 5.43. The maximum atomic E-state index is 12.5. The highest BCUT2D eigenvalue weighted by Gasteiger charge is 2.11. The quantitative estimate of drug-likeness (QED) is 0.475. The number of carbonyl (C=O) groups is 1. The molecule has 0 spiro atoms. The first kappa shape index (κ1) is 18.2. The number of benzene rings is 3. The average Bonchev–Trinajstić information content (AvgIpc) is 2.77. The molecule has 0 aliphatic rings. The molecule has 0 atom stereocenters. The summed E-state index contributed by atoms with van der Waals surface area (Å²) < 4.78 is 5.94. The lowest BCUT2D eigenvalue weighted by Crippen LogP contribution is -2.14. The summed E-state index contributed by atoms with van der Waals surface area (Å²) in [6.45, 7) is 0. The summed E-state index contributed by atoms with van der Waals surface area (Å²) in [5.41, 5.74) is 1.65. The van der Waals surface area contributed by atoms with Gasteiger partial charge in [-0.2, -0.15) is 0 Å². The molecule has 0 radical (unpaired) electrons. The first-order valence-electron chi connectivity index (χ1n) is 9.06. The van der Waals surface area contributed by atoms with Gasteiger partial charge in [0.2, 0.25) is 5.95 Å². The van der Waals surface area contributed by atoms with Gasteiger partial charge < -0.3 is 15.4 Å². The molecule has 29 heavy (non-hydrogen) atoms. The maximum absolute atomic E-state index is 12.5. The molecule has 6 nitrogen and oxygen atoms in total. The number of amides is 1. The van der Waals surface area contributed by atoms with Crippen molar-refractivity contribution in [2.24, 2.45) is 0 Å². The molecule has 0 aliphatic carbocycles. The van der Waals surface area contributed by atoms with Gasteiger partial charge in [0.25, 0.3) is 5.91 Å². The molecule has 0 saturated carbocycles. The summed E-state index contributed by atoms with van der Waals surface area (Å²) in [6.07, 6.45) is 1.54. The van der Waals surface area contributed by atoms with Gasteiger partial charge in [-0.25, -0.2) is 9.97 Å². The monoisotopic (exact) mass is 382 g/mol. The Labute approximate surface area is 168 Å². The van der Waals surface area contributed by atoms with Crippen LogP contribution in [0.25, 0.3) is 0 Å². The van der Waals surface area contributed by atoms with Gasteiger partial charge in [-0.3, -0.25) is 4.79 Å². The molecule has 1 aromatic heterocycles. The van der Waals surface area contributed by atoms with Gasteiger partial charge in [0.15, 0.2) is 5.75 Å². The van der Waals surface area contributed by atoms with Crippen LogP contribution in [0.4, 0.5) is 17.3 Å². The molecule has 142 valence electrons. The highest BCUT2D eigenvalue weighted by Crippen LogP contribution is 2.30. The van der Waals surface area contributed by atoms with Crippen LogP contribution in [0.5, 0.6) is 11.5 Å². The van der Waals surface area contributed by atoms with E-state index >= 15 is 0 Å². The maximum Gasteiger partial charge on any atom is 0.274 e. The second-order valence-electron chi connectivity index (χ2n) is 6.12. The van der Waals surface area contributed by atoms with E-state index in [1.165, 1.54) is 6.20 Å². The molecule has 0 fully saturated rings. The van der Waals surface area contributed by atoms with Gasteiger partial charge in [-0.15, -0.1) is 0 Å². The Balaban J connectivity index is 1.52. The van der Waals surface area contributed by atoms with Crippen molar-refractivity contribution in [3.63, 3.8) is 0 Å². The average molecular weight is 382 g/mol. The van der Waals surface area contributed by atoms with Crippen molar-refractivity contribution < 1.29 is 9.53 Å². The topological polar surface area (TPSA) is 76.1 Å². The molecule has 0 saturated heterocycles. The van der Waals surface area contributed by atoms with Crippen molar-refractivity contribution in [1.29, 1.82) is 0 Å². The van der Waals surface area contributed by atoms with E-state index < -0.39 is 0 Å². The minimum Gasteiger partial charge on any atom is -0.455 e. The molecule has 1 heterocycles.